The Kier molecular flexibility index (Phi) is 3.46. The van der Waals surface area contributed by atoms with Crippen molar-refractivity contribution < 1.29 is 5.21 Å². The summed E-state index contributed by atoms with van der Waals surface area (Å²) in [6.07, 6.45) is 4.32. The molecule has 1 heterocycles. The molecule has 0 radical (unpaired) electrons. The van der Waals surface area contributed by atoms with Gasteiger partial charge in [-0.3, -0.25) is 0 Å². The minimum atomic E-state index is 0.121. The number of rotatable bonds is 5. The van der Waals surface area contributed by atoms with Crippen LogP contribution in [0, 0.1) is 5.92 Å². The number of oxime groups is 1. The van der Waals surface area contributed by atoms with Crippen LogP contribution in [0.1, 0.15) is 25.3 Å². The Morgan fingerprint density at radius 1 is 1.65 bits per heavy atom. The van der Waals surface area contributed by atoms with Gasteiger partial charge in [-0.25, -0.2) is 4.98 Å². The van der Waals surface area contributed by atoms with Crippen molar-refractivity contribution in [1.82, 2.24) is 4.98 Å². The minimum absolute atomic E-state index is 0.121. The van der Waals surface area contributed by atoms with Crippen molar-refractivity contribution in [2.24, 2.45) is 16.8 Å². The zero-order valence-electron chi connectivity index (χ0n) is 10.0. The number of hydrogen-bond acceptors (Lipinski definition) is 4. The van der Waals surface area contributed by atoms with E-state index in [1.807, 2.05) is 6.07 Å². The Labute approximate surface area is 101 Å². The Hall–Kier alpha value is -1.78. The van der Waals surface area contributed by atoms with Gasteiger partial charge in [0, 0.05) is 24.8 Å². The van der Waals surface area contributed by atoms with E-state index in [0.29, 0.717) is 5.56 Å². The van der Waals surface area contributed by atoms with Crippen LogP contribution in [0.3, 0.4) is 0 Å². The first-order valence-electron chi connectivity index (χ1n) is 5.93. The third kappa shape index (κ3) is 2.87. The highest BCUT2D eigenvalue weighted by molar-refractivity contribution is 5.97. The quantitative estimate of drug-likeness (QED) is 0.349. The molecule has 0 bridgehead atoms. The molecule has 1 aromatic rings. The molecule has 0 spiro atoms. The number of pyridine rings is 1. The van der Waals surface area contributed by atoms with E-state index < -0.39 is 0 Å². The van der Waals surface area contributed by atoms with Gasteiger partial charge in [-0.05, 0) is 37.8 Å². The van der Waals surface area contributed by atoms with E-state index in [1.54, 1.807) is 12.3 Å². The molecule has 1 fully saturated rings. The fourth-order valence-corrected chi connectivity index (χ4v) is 1.81. The summed E-state index contributed by atoms with van der Waals surface area (Å²) in [5, 5.41) is 11.7. The lowest BCUT2D eigenvalue weighted by molar-refractivity contribution is 0.318. The smallest absolute Gasteiger partial charge is 0.170 e. The molecule has 0 unspecified atom stereocenters. The molecule has 0 saturated heterocycles. The van der Waals surface area contributed by atoms with Gasteiger partial charge < -0.3 is 15.8 Å². The first kappa shape index (κ1) is 11.7. The highest BCUT2D eigenvalue weighted by Crippen LogP contribution is 2.30. The molecule has 3 N–H and O–H groups in total. The molecular formula is C12H18N4O. The Bertz CT molecular complexity index is 415. The van der Waals surface area contributed by atoms with Crippen molar-refractivity contribution >= 4 is 11.7 Å². The third-order valence-corrected chi connectivity index (χ3v) is 3.03. The first-order valence-corrected chi connectivity index (χ1v) is 5.93. The average Bonchev–Trinajstić information content (AvgIpc) is 3.19. The molecule has 0 atom stereocenters. The molecule has 0 aliphatic heterocycles. The molecule has 17 heavy (non-hydrogen) atoms. The van der Waals surface area contributed by atoms with Crippen molar-refractivity contribution in [3.8, 4) is 0 Å². The van der Waals surface area contributed by atoms with E-state index in [-0.39, 0.29) is 5.84 Å². The summed E-state index contributed by atoms with van der Waals surface area (Å²) in [6.45, 7) is 4.08. The highest BCUT2D eigenvalue weighted by Gasteiger charge is 2.24. The molecule has 0 aromatic carbocycles. The Balaban J connectivity index is 2.17. The van der Waals surface area contributed by atoms with E-state index in [0.717, 1.165) is 24.8 Å². The van der Waals surface area contributed by atoms with Crippen LogP contribution < -0.4 is 10.6 Å². The average molecular weight is 234 g/mol. The number of hydrogen-bond donors (Lipinski definition) is 2. The lowest BCUT2D eigenvalue weighted by atomic mass is 10.2. The van der Waals surface area contributed by atoms with Crippen LogP contribution in [-0.2, 0) is 0 Å². The van der Waals surface area contributed by atoms with Gasteiger partial charge in [0.05, 0.1) is 0 Å². The fourth-order valence-electron chi connectivity index (χ4n) is 1.81. The second kappa shape index (κ2) is 5.03. The first-order chi connectivity index (χ1) is 8.24. The zero-order valence-corrected chi connectivity index (χ0v) is 10.0. The van der Waals surface area contributed by atoms with Gasteiger partial charge in [0.25, 0.3) is 0 Å². The molecule has 2 rings (SSSR count). The van der Waals surface area contributed by atoms with Crippen molar-refractivity contribution in [3.63, 3.8) is 0 Å². The lowest BCUT2D eigenvalue weighted by Gasteiger charge is -2.22. The van der Waals surface area contributed by atoms with E-state index in [4.69, 9.17) is 10.9 Å². The second-order valence-corrected chi connectivity index (χ2v) is 4.37. The predicted octanol–water partition coefficient (Wildman–Crippen LogP) is 1.41. The van der Waals surface area contributed by atoms with Crippen LogP contribution in [0.4, 0.5) is 5.82 Å². The van der Waals surface area contributed by atoms with Gasteiger partial charge in [0.1, 0.15) is 5.82 Å². The molecule has 1 saturated carbocycles. The molecule has 1 aromatic heterocycles. The number of anilines is 1. The normalized spacial score (nSPS) is 15.9. The fraction of sp³-hybridized carbons (Fsp3) is 0.500. The number of nitrogens with zero attached hydrogens (tertiary/aromatic N) is 3. The van der Waals surface area contributed by atoms with Crippen molar-refractivity contribution in [3.05, 3.63) is 23.9 Å². The largest absolute Gasteiger partial charge is 0.409 e. The van der Waals surface area contributed by atoms with E-state index >= 15 is 0 Å². The maximum atomic E-state index is 8.66. The molecular weight excluding hydrogens is 216 g/mol. The number of aromatic nitrogens is 1. The van der Waals surface area contributed by atoms with Gasteiger partial charge in [0.15, 0.2) is 5.84 Å². The number of amidine groups is 1. The standard InChI is InChI=1S/C12H18N4O/c1-2-16(8-9-3-4-9)11-7-10(5-6-14-11)12(13)15-17/h5-7,9,17H,2-4,8H2,1H3,(H2,13,15). The van der Waals surface area contributed by atoms with Crippen molar-refractivity contribution in [2.45, 2.75) is 19.8 Å². The van der Waals surface area contributed by atoms with Crippen LogP contribution in [0.25, 0.3) is 0 Å². The SMILES string of the molecule is CCN(CC1CC1)c1cc(C(N)=NO)ccn1. The van der Waals surface area contributed by atoms with Gasteiger partial charge in [-0.15, -0.1) is 0 Å². The summed E-state index contributed by atoms with van der Waals surface area (Å²) in [4.78, 5) is 6.57. The summed E-state index contributed by atoms with van der Waals surface area (Å²) in [5.41, 5.74) is 6.27. The summed E-state index contributed by atoms with van der Waals surface area (Å²) >= 11 is 0. The molecule has 92 valence electrons. The van der Waals surface area contributed by atoms with Crippen molar-refractivity contribution in [2.75, 3.05) is 18.0 Å². The van der Waals surface area contributed by atoms with Crippen molar-refractivity contribution in [1.29, 1.82) is 0 Å². The number of nitrogens with two attached hydrogens (primary N) is 1. The monoisotopic (exact) mass is 234 g/mol. The minimum Gasteiger partial charge on any atom is -0.409 e. The third-order valence-electron chi connectivity index (χ3n) is 3.03. The van der Waals surface area contributed by atoms with Gasteiger partial charge in [-0.2, -0.15) is 0 Å². The van der Waals surface area contributed by atoms with Crippen LogP contribution in [0.2, 0.25) is 0 Å². The zero-order chi connectivity index (χ0) is 12.3. The summed E-state index contributed by atoms with van der Waals surface area (Å²) in [7, 11) is 0. The van der Waals surface area contributed by atoms with Crippen LogP contribution >= 0.6 is 0 Å². The molecule has 1 aliphatic carbocycles. The predicted molar refractivity (Wildman–Crippen MR) is 67.4 cm³/mol. The lowest BCUT2D eigenvalue weighted by Crippen LogP contribution is -2.26. The summed E-state index contributed by atoms with van der Waals surface area (Å²) in [5.74, 6) is 1.82. The maximum absolute atomic E-state index is 8.66. The maximum Gasteiger partial charge on any atom is 0.170 e. The Morgan fingerprint density at radius 2 is 2.41 bits per heavy atom. The molecule has 1 aliphatic rings. The summed E-state index contributed by atoms with van der Waals surface area (Å²) < 4.78 is 0. The van der Waals surface area contributed by atoms with Gasteiger partial charge in [0.2, 0.25) is 0 Å². The Morgan fingerprint density at radius 3 is 3.00 bits per heavy atom. The molecule has 5 nitrogen and oxygen atoms in total. The van der Waals surface area contributed by atoms with Crippen LogP contribution in [0.15, 0.2) is 23.5 Å². The molecule has 0 amide bonds. The van der Waals surface area contributed by atoms with E-state index in [9.17, 15) is 0 Å². The van der Waals surface area contributed by atoms with E-state index in [2.05, 4.69) is 22.0 Å². The van der Waals surface area contributed by atoms with Crippen LogP contribution in [0.5, 0.6) is 0 Å². The topological polar surface area (TPSA) is 74.7 Å². The summed E-state index contributed by atoms with van der Waals surface area (Å²) in [6, 6.07) is 3.60. The van der Waals surface area contributed by atoms with Gasteiger partial charge >= 0.3 is 0 Å². The second-order valence-electron chi connectivity index (χ2n) is 4.37. The van der Waals surface area contributed by atoms with E-state index in [1.165, 1.54) is 12.8 Å². The highest BCUT2D eigenvalue weighted by atomic mass is 16.4. The van der Waals surface area contributed by atoms with Crippen LogP contribution in [-0.4, -0.2) is 29.1 Å². The molecule has 5 heteroatoms. The van der Waals surface area contributed by atoms with Gasteiger partial charge in [-0.1, -0.05) is 5.16 Å².